The van der Waals surface area contributed by atoms with Crippen molar-refractivity contribution in [1.82, 2.24) is 15.1 Å². The summed E-state index contributed by atoms with van der Waals surface area (Å²) in [4.78, 5) is 11.5. The average Bonchev–Trinajstić information content (AvgIpc) is 2.66. The SMILES string of the molecule is CCC(NCc1c(Cl)c(C)nn1CC)C(=O)OC. The van der Waals surface area contributed by atoms with Crippen LogP contribution < -0.4 is 5.32 Å². The fourth-order valence-corrected chi connectivity index (χ4v) is 2.00. The summed E-state index contributed by atoms with van der Waals surface area (Å²) in [5, 5.41) is 8.13. The number of aryl methyl sites for hydroxylation is 2. The molecule has 102 valence electrons. The molecule has 0 aromatic carbocycles. The highest BCUT2D eigenvalue weighted by Crippen LogP contribution is 2.20. The Morgan fingerprint density at radius 2 is 2.22 bits per heavy atom. The number of carbonyl (C=O) groups is 1. The Kier molecular flexibility index (Phi) is 5.62. The summed E-state index contributed by atoms with van der Waals surface area (Å²) >= 11 is 6.19. The molecule has 0 aliphatic rings. The standard InChI is InChI=1S/C12H20ClN3O2/c1-5-9(12(17)18-4)14-7-10-11(13)8(3)15-16(10)6-2/h9,14H,5-7H2,1-4H3. The van der Waals surface area contributed by atoms with E-state index in [0.717, 1.165) is 17.9 Å². The molecule has 0 aliphatic carbocycles. The van der Waals surface area contributed by atoms with E-state index in [0.29, 0.717) is 18.0 Å². The van der Waals surface area contributed by atoms with Crippen LogP contribution in [0.25, 0.3) is 0 Å². The van der Waals surface area contributed by atoms with E-state index in [1.54, 1.807) is 0 Å². The maximum absolute atomic E-state index is 11.5. The van der Waals surface area contributed by atoms with Crippen LogP contribution in [0, 0.1) is 6.92 Å². The van der Waals surface area contributed by atoms with Crippen LogP contribution in [0.2, 0.25) is 5.02 Å². The molecule has 0 saturated carbocycles. The van der Waals surface area contributed by atoms with E-state index in [1.807, 2.05) is 25.5 Å². The largest absolute Gasteiger partial charge is 0.468 e. The van der Waals surface area contributed by atoms with Crippen LogP contribution >= 0.6 is 11.6 Å². The first-order chi connectivity index (χ1) is 8.54. The molecular formula is C12H20ClN3O2. The van der Waals surface area contributed by atoms with Gasteiger partial charge < -0.3 is 4.74 Å². The lowest BCUT2D eigenvalue weighted by molar-refractivity contribution is -0.143. The van der Waals surface area contributed by atoms with Gasteiger partial charge >= 0.3 is 5.97 Å². The minimum Gasteiger partial charge on any atom is -0.468 e. The molecule has 0 aliphatic heterocycles. The quantitative estimate of drug-likeness (QED) is 0.805. The Balaban J connectivity index is 2.76. The van der Waals surface area contributed by atoms with Crippen LogP contribution in [-0.2, 0) is 22.6 Å². The number of halogens is 1. The third-order valence-electron chi connectivity index (χ3n) is 2.86. The maximum atomic E-state index is 11.5. The van der Waals surface area contributed by atoms with Crippen LogP contribution in [-0.4, -0.2) is 28.9 Å². The summed E-state index contributed by atoms with van der Waals surface area (Å²) in [6.07, 6.45) is 0.670. The van der Waals surface area contributed by atoms with Gasteiger partial charge in [0.15, 0.2) is 0 Å². The third kappa shape index (κ3) is 3.23. The number of aromatic nitrogens is 2. The molecule has 1 N–H and O–H groups in total. The number of hydrogen-bond acceptors (Lipinski definition) is 4. The van der Waals surface area contributed by atoms with Crippen LogP contribution in [0.4, 0.5) is 0 Å². The average molecular weight is 274 g/mol. The Bertz CT molecular complexity index is 418. The van der Waals surface area contributed by atoms with Gasteiger partial charge in [-0.3, -0.25) is 14.8 Å². The van der Waals surface area contributed by atoms with Crippen molar-refractivity contribution < 1.29 is 9.53 Å². The highest BCUT2D eigenvalue weighted by molar-refractivity contribution is 6.31. The van der Waals surface area contributed by atoms with Crippen LogP contribution in [0.1, 0.15) is 31.7 Å². The first kappa shape index (κ1) is 15.0. The highest BCUT2D eigenvalue weighted by Gasteiger charge is 2.18. The van der Waals surface area contributed by atoms with Crippen molar-refractivity contribution in [3.63, 3.8) is 0 Å². The molecule has 1 atom stereocenters. The topological polar surface area (TPSA) is 56.2 Å². The Labute approximate surface area is 112 Å². The molecular weight excluding hydrogens is 254 g/mol. The number of carbonyl (C=O) groups excluding carboxylic acids is 1. The van der Waals surface area contributed by atoms with Gasteiger partial charge in [0.2, 0.25) is 0 Å². The van der Waals surface area contributed by atoms with Crippen molar-refractivity contribution in [2.45, 2.75) is 46.3 Å². The second-order valence-corrected chi connectivity index (χ2v) is 4.40. The molecule has 1 aromatic heterocycles. The van der Waals surface area contributed by atoms with Crippen molar-refractivity contribution in [3.8, 4) is 0 Å². The van der Waals surface area contributed by atoms with Crippen molar-refractivity contribution in [2.24, 2.45) is 0 Å². The first-order valence-corrected chi connectivity index (χ1v) is 6.45. The van der Waals surface area contributed by atoms with E-state index >= 15 is 0 Å². The normalized spacial score (nSPS) is 12.5. The monoisotopic (exact) mass is 273 g/mol. The Hall–Kier alpha value is -1.07. The van der Waals surface area contributed by atoms with Gasteiger partial charge in [-0.15, -0.1) is 0 Å². The van der Waals surface area contributed by atoms with E-state index in [2.05, 4.69) is 10.4 Å². The first-order valence-electron chi connectivity index (χ1n) is 6.08. The second kappa shape index (κ2) is 6.75. The molecule has 0 fully saturated rings. The zero-order valence-electron chi connectivity index (χ0n) is 11.3. The summed E-state index contributed by atoms with van der Waals surface area (Å²) in [5.41, 5.74) is 1.71. The molecule has 0 amide bonds. The number of hydrogen-bond donors (Lipinski definition) is 1. The van der Waals surface area contributed by atoms with Crippen LogP contribution in [0.15, 0.2) is 0 Å². The van der Waals surface area contributed by atoms with Crippen molar-refractivity contribution >= 4 is 17.6 Å². The lowest BCUT2D eigenvalue weighted by Crippen LogP contribution is -2.37. The van der Waals surface area contributed by atoms with Crippen molar-refractivity contribution in [3.05, 3.63) is 16.4 Å². The number of rotatable bonds is 6. The fraction of sp³-hybridized carbons (Fsp3) is 0.667. The lowest BCUT2D eigenvalue weighted by atomic mass is 10.2. The fourth-order valence-electron chi connectivity index (χ4n) is 1.79. The zero-order chi connectivity index (χ0) is 13.7. The molecule has 0 bridgehead atoms. The number of esters is 1. The predicted molar refractivity (Wildman–Crippen MR) is 70.6 cm³/mol. The van der Waals surface area contributed by atoms with E-state index in [4.69, 9.17) is 16.3 Å². The minimum absolute atomic E-state index is 0.257. The summed E-state index contributed by atoms with van der Waals surface area (Å²) in [6, 6.07) is -0.313. The number of methoxy groups -OCH3 is 1. The van der Waals surface area contributed by atoms with E-state index < -0.39 is 0 Å². The minimum atomic E-state index is -0.313. The molecule has 0 spiro atoms. The molecule has 0 radical (unpaired) electrons. The maximum Gasteiger partial charge on any atom is 0.322 e. The molecule has 5 nitrogen and oxygen atoms in total. The summed E-state index contributed by atoms with van der Waals surface area (Å²) in [5.74, 6) is -0.257. The van der Waals surface area contributed by atoms with Gasteiger partial charge in [0.05, 0.1) is 23.5 Å². The van der Waals surface area contributed by atoms with E-state index in [9.17, 15) is 4.79 Å². The smallest absolute Gasteiger partial charge is 0.322 e. The van der Waals surface area contributed by atoms with Gasteiger partial charge in [-0.1, -0.05) is 18.5 Å². The second-order valence-electron chi connectivity index (χ2n) is 4.03. The van der Waals surface area contributed by atoms with Crippen LogP contribution in [0.3, 0.4) is 0 Å². The van der Waals surface area contributed by atoms with Crippen LogP contribution in [0.5, 0.6) is 0 Å². The van der Waals surface area contributed by atoms with E-state index in [-0.39, 0.29) is 12.0 Å². The molecule has 18 heavy (non-hydrogen) atoms. The van der Waals surface area contributed by atoms with Crippen molar-refractivity contribution in [2.75, 3.05) is 7.11 Å². The van der Waals surface area contributed by atoms with Gasteiger partial charge in [-0.25, -0.2) is 0 Å². The third-order valence-corrected chi connectivity index (χ3v) is 3.35. The van der Waals surface area contributed by atoms with Gasteiger partial charge in [-0.05, 0) is 20.3 Å². The summed E-state index contributed by atoms with van der Waals surface area (Å²) < 4.78 is 6.57. The number of nitrogens with one attached hydrogen (secondary N) is 1. The Morgan fingerprint density at radius 1 is 1.56 bits per heavy atom. The molecule has 0 saturated heterocycles. The van der Waals surface area contributed by atoms with Gasteiger partial charge in [0.25, 0.3) is 0 Å². The molecule has 1 rings (SSSR count). The number of nitrogens with zero attached hydrogens (tertiary/aromatic N) is 2. The molecule has 1 aromatic rings. The van der Waals surface area contributed by atoms with Gasteiger partial charge in [-0.2, -0.15) is 5.10 Å². The summed E-state index contributed by atoms with van der Waals surface area (Å²) in [6.45, 7) is 7.05. The van der Waals surface area contributed by atoms with Gasteiger partial charge in [0, 0.05) is 13.1 Å². The zero-order valence-corrected chi connectivity index (χ0v) is 12.0. The predicted octanol–water partition coefficient (Wildman–Crippen LogP) is 1.91. The van der Waals surface area contributed by atoms with Gasteiger partial charge in [0.1, 0.15) is 6.04 Å². The Morgan fingerprint density at radius 3 is 2.72 bits per heavy atom. The van der Waals surface area contributed by atoms with Crippen molar-refractivity contribution in [1.29, 1.82) is 0 Å². The number of ether oxygens (including phenoxy) is 1. The lowest BCUT2D eigenvalue weighted by Gasteiger charge is -2.15. The molecule has 6 heteroatoms. The van der Waals surface area contributed by atoms with E-state index in [1.165, 1.54) is 7.11 Å². The molecule has 1 unspecified atom stereocenters. The highest BCUT2D eigenvalue weighted by atomic mass is 35.5. The molecule has 1 heterocycles. The summed E-state index contributed by atoms with van der Waals surface area (Å²) in [7, 11) is 1.39.